The van der Waals surface area contributed by atoms with Gasteiger partial charge in [0.15, 0.2) is 11.5 Å². The minimum absolute atomic E-state index is 0.283. The number of benzene rings is 3. The smallest absolute Gasteiger partial charge is 0.175 e. The number of hydrogen-bond donors (Lipinski definition) is 1. The number of aryl methyl sites for hydroxylation is 1. The number of allylic oxidation sites excluding steroid dienone is 2. The SMILES string of the molecule is C=CCOc1c(Br)cc(C=Nc2ccc([C@@H]3Nc4ccc(C)cc4[C@H]4C=CC[C@@H]43)cc2)cc1OCC. The van der Waals surface area contributed by atoms with Crippen molar-refractivity contribution in [3.8, 4) is 11.5 Å². The topological polar surface area (TPSA) is 42.8 Å². The molecule has 1 N–H and O–H groups in total. The van der Waals surface area contributed by atoms with Gasteiger partial charge in [-0.3, -0.25) is 4.99 Å². The summed E-state index contributed by atoms with van der Waals surface area (Å²) in [4.78, 5) is 4.72. The summed E-state index contributed by atoms with van der Waals surface area (Å²) in [5, 5.41) is 3.82. The van der Waals surface area contributed by atoms with Gasteiger partial charge in [0.05, 0.1) is 22.8 Å². The van der Waals surface area contributed by atoms with Gasteiger partial charge in [-0.2, -0.15) is 0 Å². The van der Waals surface area contributed by atoms with E-state index in [2.05, 4.69) is 89.4 Å². The Labute approximate surface area is 221 Å². The molecule has 3 atom stereocenters. The van der Waals surface area contributed by atoms with E-state index in [1.807, 2.05) is 25.3 Å². The number of nitrogens with one attached hydrogen (secondary N) is 1. The number of hydrogen-bond acceptors (Lipinski definition) is 4. The molecule has 0 saturated heterocycles. The Morgan fingerprint density at radius 1 is 1.11 bits per heavy atom. The molecular formula is C31H31BrN2O2. The molecule has 2 aliphatic rings. The molecule has 1 aliphatic carbocycles. The molecule has 3 aromatic rings. The van der Waals surface area contributed by atoms with Crippen LogP contribution in [0.1, 0.15) is 47.6 Å². The molecule has 0 fully saturated rings. The van der Waals surface area contributed by atoms with E-state index >= 15 is 0 Å². The quantitative estimate of drug-likeness (QED) is 0.230. The Morgan fingerprint density at radius 2 is 1.94 bits per heavy atom. The third-order valence-corrected chi connectivity index (χ3v) is 7.40. The number of ether oxygens (including phenoxy) is 2. The van der Waals surface area contributed by atoms with Crippen molar-refractivity contribution in [1.29, 1.82) is 0 Å². The lowest BCUT2D eigenvalue weighted by Gasteiger charge is -2.37. The Kier molecular flexibility index (Phi) is 7.28. The van der Waals surface area contributed by atoms with Gasteiger partial charge in [0.1, 0.15) is 6.61 Å². The number of aliphatic imine (C=N–C) groups is 1. The fraction of sp³-hybridized carbons (Fsp3) is 0.258. The first kappa shape index (κ1) is 24.4. The van der Waals surface area contributed by atoms with E-state index in [4.69, 9.17) is 14.5 Å². The van der Waals surface area contributed by atoms with E-state index in [0.29, 0.717) is 36.5 Å². The Balaban J connectivity index is 1.35. The van der Waals surface area contributed by atoms with E-state index in [9.17, 15) is 0 Å². The van der Waals surface area contributed by atoms with E-state index < -0.39 is 0 Å². The number of fused-ring (bicyclic) bond motifs is 3. The molecular weight excluding hydrogens is 512 g/mol. The summed E-state index contributed by atoms with van der Waals surface area (Å²) in [7, 11) is 0. The highest BCUT2D eigenvalue weighted by atomic mass is 79.9. The summed E-state index contributed by atoms with van der Waals surface area (Å²) in [6.07, 6.45) is 9.39. The highest BCUT2D eigenvalue weighted by Gasteiger charge is 2.37. The third-order valence-electron chi connectivity index (χ3n) is 6.81. The Bertz CT molecular complexity index is 1310. The number of halogens is 1. The first-order valence-corrected chi connectivity index (χ1v) is 13.2. The molecule has 0 spiro atoms. The Morgan fingerprint density at radius 3 is 2.72 bits per heavy atom. The molecule has 0 saturated carbocycles. The third kappa shape index (κ3) is 4.98. The van der Waals surface area contributed by atoms with Gasteiger partial charge in [0, 0.05) is 17.8 Å². The van der Waals surface area contributed by atoms with Crippen LogP contribution in [0.15, 0.2) is 88.9 Å². The summed E-state index contributed by atoms with van der Waals surface area (Å²) >= 11 is 3.60. The van der Waals surface area contributed by atoms with Crippen molar-refractivity contribution in [1.82, 2.24) is 0 Å². The van der Waals surface area contributed by atoms with Crippen LogP contribution in [0.3, 0.4) is 0 Å². The van der Waals surface area contributed by atoms with Crippen LogP contribution < -0.4 is 14.8 Å². The maximum atomic E-state index is 5.79. The van der Waals surface area contributed by atoms with Crippen molar-refractivity contribution in [2.75, 3.05) is 18.5 Å². The van der Waals surface area contributed by atoms with Crippen molar-refractivity contribution in [2.45, 2.75) is 32.2 Å². The predicted molar refractivity (Wildman–Crippen MR) is 152 cm³/mol. The van der Waals surface area contributed by atoms with Gasteiger partial charge in [-0.15, -0.1) is 0 Å². The van der Waals surface area contributed by atoms with Crippen molar-refractivity contribution in [2.24, 2.45) is 10.9 Å². The normalized spacial score (nSPS) is 20.0. The van der Waals surface area contributed by atoms with Gasteiger partial charge < -0.3 is 14.8 Å². The molecule has 5 heteroatoms. The van der Waals surface area contributed by atoms with Crippen molar-refractivity contribution >= 4 is 33.5 Å². The molecule has 1 aliphatic heterocycles. The van der Waals surface area contributed by atoms with Gasteiger partial charge in [-0.05, 0) is 89.1 Å². The molecule has 0 unspecified atom stereocenters. The monoisotopic (exact) mass is 542 g/mol. The summed E-state index contributed by atoms with van der Waals surface area (Å²) < 4.78 is 12.4. The van der Waals surface area contributed by atoms with Crippen molar-refractivity contribution in [3.63, 3.8) is 0 Å². The second-order valence-corrected chi connectivity index (χ2v) is 10.1. The van der Waals surface area contributed by atoms with Gasteiger partial charge >= 0.3 is 0 Å². The molecule has 36 heavy (non-hydrogen) atoms. The minimum Gasteiger partial charge on any atom is -0.490 e. The van der Waals surface area contributed by atoms with E-state index in [1.165, 1.54) is 22.4 Å². The molecule has 1 heterocycles. The van der Waals surface area contributed by atoms with Crippen LogP contribution in [0.5, 0.6) is 11.5 Å². The van der Waals surface area contributed by atoms with E-state index in [-0.39, 0.29) is 6.04 Å². The van der Waals surface area contributed by atoms with Crippen LogP contribution in [0.25, 0.3) is 0 Å². The number of anilines is 1. The lowest BCUT2D eigenvalue weighted by Crippen LogP contribution is -2.29. The fourth-order valence-electron chi connectivity index (χ4n) is 5.17. The van der Waals surface area contributed by atoms with E-state index in [0.717, 1.165) is 22.1 Å². The molecule has 0 amide bonds. The molecule has 0 bridgehead atoms. The molecule has 0 aromatic heterocycles. The van der Waals surface area contributed by atoms with Crippen LogP contribution in [0.4, 0.5) is 11.4 Å². The van der Waals surface area contributed by atoms with Crippen LogP contribution in [-0.4, -0.2) is 19.4 Å². The summed E-state index contributed by atoms with van der Waals surface area (Å²) in [5.41, 5.74) is 7.12. The molecule has 3 aromatic carbocycles. The number of nitrogens with zero attached hydrogens (tertiary/aromatic N) is 1. The van der Waals surface area contributed by atoms with Crippen molar-refractivity contribution in [3.05, 3.63) is 106 Å². The minimum atomic E-state index is 0.283. The zero-order chi connectivity index (χ0) is 25.1. The average Bonchev–Trinajstić information content (AvgIpc) is 3.38. The Hall–Kier alpha value is -3.31. The lowest BCUT2D eigenvalue weighted by atomic mass is 9.76. The average molecular weight is 544 g/mol. The second kappa shape index (κ2) is 10.8. The highest BCUT2D eigenvalue weighted by Crippen LogP contribution is 2.50. The van der Waals surface area contributed by atoms with Crippen LogP contribution >= 0.6 is 15.9 Å². The standard InChI is InChI=1S/C31H31BrN2O2/c1-4-15-36-31-27(32)17-21(18-29(31)35-5-2)19-33-23-12-10-22(11-13-23)30-25-8-6-7-24(25)26-16-20(3)9-14-28(26)34-30/h4,6-7,9-14,16-19,24-25,30,34H,1,5,8,15H2,2-3H3/t24-,25-,30-/m0/s1. The van der Waals surface area contributed by atoms with Gasteiger partial charge in [-0.25, -0.2) is 0 Å². The van der Waals surface area contributed by atoms with Crippen LogP contribution in [0, 0.1) is 12.8 Å². The largest absolute Gasteiger partial charge is 0.490 e. The summed E-state index contributed by atoms with van der Waals surface area (Å²) in [6.45, 7) is 8.81. The molecule has 184 valence electrons. The first-order chi connectivity index (χ1) is 17.6. The molecule has 0 radical (unpaired) electrons. The predicted octanol–water partition coefficient (Wildman–Crippen LogP) is 8.30. The van der Waals surface area contributed by atoms with E-state index in [1.54, 1.807) is 6.08 Å². The second-order valence-electron chi connectivity index (χ2n) is 9.28. The summed E-state index contributed by atoms with van der Waals surface area (Å²) in [5.74, 6) is 2.36. The lowest BCUT2D eigenvalue weighted by molar-refractivity contribution is 0.295. The summed E-state index contributed by atoms with van der Waals surface area (Å²) in [6, 6.07) is 19.5. The fourth-order valence-corrected chi connectivity index (χ4v) is 5.74. The maximum absolute atomic E-state index is 5.79. The van der Waals surface area contributed by atoms with Gasteiger partial charge in [0.2, 0.25) is 0 Å². The zero-order valence-corrected chi connectivity index (χ0v) is 22.3. The maximum Gasteiger partial charge on any atom is 0.175 e. The first-order valence-electron chi connectivity index (χ1n) is 12.4. The highest BCUT2D eigenvalue weighted by molar-refractivity contribution is 9.10. The number of rotatable bonds is 8. The van der Waals surface area contributed by atoms with Crippen molar-refractivity contribution < 1.29 is 9.47 Å². The van der Waals surface area contributed by atoms with Crippen LogP contribution in [-0.2, 0) is 0 Å². The molecule has 5 rings (SSSR count). The molecule has 4 nitrogen and oxygen atoms in total. The zero-order valence-electron chi connectivity index (χ0n) is 20.7. The van der Waals surface area contributed by atoms with Gasteiger partial charge in [0.25, 0.3) is 0 Å². The van der Waals surface area contributed by atoms with Crippen LogP contribution in [0.2, 0.25) is 0 Å². The van der Waals surface area contributed by atoms with Gasteiger partial charge in [-0.1, -0.05) is 54.6 Å².